The molecule has 30 heavy (non-hydrogen) atoms. The number of aromatic nitrogens is 1. The van der Waals surface area contributed by atoms with Gasteiger partial charge in [0.15, 0.2) is 5.96 Å². The average Bonchev–Trinajstić information content (AvgIpc) is 3.21. The zero-order valence-corrected chi connectivity index (χ0v) is 18.2. The number of nitrogens with zero attached hydrogens (tertiary/aromatic N) is 3. The van der Waals surface area contributed by atoms with Crippen LogP contribution in [0, 0.1) is 0 Å². The third-order valence-electron chi connectivity index (χ3n) is 4.80. The maximum Gasteiger partial charge on any atom is 0.338 e. The van der Waals surface area contributed by atoms with Gasteiger partial charge in [-0.05, 0) is 50.1 Å². The molecule has 160 valence electrons. The van der Waals surface area contributed by atoms with Crippen molar-refractivity contribution < 1.29 is 9.53 Å². The van der Waals surface area contributed by atoms with E-state index in [0.29, 0.717) is 23.7 Å². The molecule has 1 aliphatic heterocycles. The highest BCUT2D eigenvalue weighted by atomic mass is 35.5. The standard InChI is InChI=1S/C22H28ClN5O2/c1-3-24-22(26-14-16-7-9-17(10-8-16)21(29)30-4-2)27-18-11-13-28(15-18)20-19(23)6-5-12-25-20/h5-10,12,18H,3-4,11,13-15H2,1-2H3,(H2,24,26,27). The van der Waals surface area contributed by atoms with Crippen molar-refractivity contribution >= 4 is 29.3 Å². The fourth-order valence-electron chi connectivity index (χ4n) is 3.32. The number of esters is 1. The molecule has 3 rings (SSSR count). The van der Waals surface area contributed by atoms with E-state index in [-0.39, 0.29) is 12.0 Å². The summed E-state index contributed by atoms with van der Waals surface area (Å²) in [7, 11) is 0. The van der Waals surface area contributed by atoms with Crippen LogP contribution in [0.25, 0.3) is 0 Å². The maximum absolute atomic E-state index is 11.8. The summed E-state index contributed by atoms with van der Waals surface area (Å²) in [6, 6.07) is 11.3. The second-order valence-electron chi connectivity index (χ2n) is 7.00. The summed E-state index contributed by atoms with van der Waals surface area (Å²) in [6.45, 7) is 7.20. The van der Waals surface area contributed by atoms with Crippen LogP contribution in [0.5, 0.6) is 0 Å². The fourth-order valence-corrected chi connectivity index (χ4v) is 3.57. The molecule has 1 fully saturated rings. The van der Waals surface area contributed by atoms with Crippen molar-refractivity contribution in [1.82, 2.24) is 15.6 Å². The number of anilines is 1. The van der Waals surface area contributed by atoms with Gasteiger partial charge in [0, 0.05) is 31.9 Å². The van der Waals surface area contributed by atoms with Crippen LogP contribution >= 0.6 is 11.6 Å². The molecule has 1 aromatic carbocycles. The Morgan fingerprint density at radius 2 is 2.10 bits per heavy atom. The molecule has 1 aromatic heterocycles. The first-order valence-electron chi connectivity index (χ1n) is 10.3. The molecular weight excluding hydrogens is 402 g/mol. The van der Waals surface area contributed by atoms with Crippen LogP contribution in [0.1, 0.15) is 36.2 Å². The quantitative estimate of drug-likeness (QED) is 0.399. The largest absolute Gasteiger partial charge is 0.462 e. The van der Waals surface area contributed by atoms with Crippen LogP contribution in [-0.4, -0.2) is 49.2 Å². The van der Waals surface area contributed by atoms with Crippen molar-refractivity contribution in [1.29, 1.82) is 0 Å². The molecule has 8 heteroatoms. The normalized spacial score (nSPS) is 16.4. The Labute approximate surface area is 182 Å². The van der Waals surface area contributed by atoms with Crippen molar-refractivity contribution in [3.8, 4) is 0 Å². The lowest BCUT2D eigenvalue weighted by Gasteiger charge is -2.20. The summed E-state index contributed by atoms with van der Waals surface area (Å²) < 4.78 is 5.02. The van der Waals surface area contributed by atoms with Crippen LogP contribution in [0.4, 0.5) is 5.82 Å². The van der Waals surface area contributed by atoms with Gasteiger partial charge >= 0.3 is 5.97 Å². The van der Waals surface area contributed by atoms with Gasteiger partial charge in [-0.25, -0.2) is 14.8 Å². The molecular formula is C22H28ClN5O2. The predicted octanol–water partition coefficient (Wildman–Crippen LogP) is 3.25. The summed E-state index contributed by atoms with van der Waals surface area (Å²) in [5.41, 5.74) is 1.57. The van der Waals surface area contributed by atoms with Crippen LogP contribution in [0.2, 0.25) is 5.02 Å². The number of hydrogen-bond acceptors (Lipinski definition) is 5. The number of carbonyl (C=O) groups excluding carboxylic acids is 1. The lowest BCUT2D eigenvalue weighted by Crippen LogP contribution is -2.44. The van der Waals surface area contributed by atoms with E-state index >= 15 is 0 Å². The molecule has 2 N–H and O–H groups in total. The predicted molar refractivity (Wildman–Crippen MR) is 120 cm³/mol. The van der Waals surface area contributed by atoms with Gasteiger partial charge in [0.05, 0.1) is 23.7 Å². The number of hydrogen-bond donors (Lipinski definition) is 2. The molecule has 0 spiro atoms. The van der Waals surface area contributed by atoms with Gasteiger partial charge < -0.3 is 20.3 Å². The van der Waals surface area contributed by atoms with Crippen LogP contribution in [0.3, 0.4) is 0 Å². The highest BCUT2D eigenvalue weighted by Crippen LogP contribution is 2.25. The minimum absolute atomic E-state index is 0.257. The molecule has 0 bridgehead atoms. The number of ether oxygens (including phenoxy) is 1. The Morgan fingerprint density at radius 3 is 2.80 bits per heavy atom. The van der Waals surface area contributed by atoms with Gasteiger partial charge in [0.25, 0.3) is 0 Å². The topological polar surface area (TPSA) is 78.8 Å². The number of rotatable bonds is 7. The van der Waals surface area contributed by atoms with Crippen molar-refractivity contribution in [3.63, 3.8) is 0 Å². The third-order valence-corrected chi connectivity index (χ3v) is 5.09. The summed E-state index contributed by atoms with van der Waals surface area (Å²) in [5, 5.41) is 7.47. The molecule has 0 amide bonds. The molecule has 0 aliphatic carbocycles. The molecule has 1 saturated heterocycles. The first kappa shape index (κ1) is 21.9. The van der Waals surface area contributed by atoms with Gasteiger partial charge in [-0.2, -0.15) is 0 Å². The van der Waals surface area contributed by atoms with Crippen molar-refractivity contribution in [2.45, 2.75) is 32.9 Å². The molecule has 1 atom stereocenters. The summed E-state index contributed by atoms with van der Waals surface area (Å²) >= 11 is 6.28. The fraction of sp³-hybridized carbons (Fsp3) is 0.409. The van der Waals surface area contributed by atoms with Crippen LogP contribution < -0.4 is 15.5 Å². The van der Waals surface area contributed by atoms with Crippen molar-refractivity contribution in [2.75, 3.05) is 31.1 Å². The molecule has 1 aliphatic rings. The first-order valence-corrected chi connectivity index (χ1v) is 10.6. The van der Waals surface area contributed by atoms with E-state index in [1.165, 1.54) is 0 Å². The molecule has 0 saturated carbocycles. The van der Waals surface area contributed by atoms with E-state index < -0.39 is 0 Å². The Balaban J connectivity index is 1.58. The molecule has 2 heterocycles. The highest BCUT2D eigenvalue weighted by Gasteiger charge is 2.25. The SMILES string of the molecule is CCNC(=NCc1ccc(C(=O)OCC)cc1)NC1CCN(c2ncccc2Cl)C1. The van der Waals surface area contributed by atoms with Crippen molar-refractivity contribution in [2.24, 2.45) is 4.99 Å². The highest BCUT2D eigenvalue weighted by molar-refractivity contribution is 6.32. The smallest absolute Gasteiger partial charge is 0.338 e. The zero-order chi connectivity index (χ0) is 21.3. The Hall–Kier alpha value is -2.80. The second-order valence-corrected chi connectivity index (χ2v) is 7.40. The number of aliphatic imine (C=N–C) groups is 1. The zero-order valence-electron chi connectivity index (χ0n) is 17.4. The summed E-state index contributed by atoms with van der Waals surface area (Å²) in [6.07, 6.45) is 2.74. The number of pyridine rings is 1. The first-order chi connectivity index (χ1) is 14.6. The van der Waals surface area contributed by atoms with Crippen LogP contribution in [-0.2, 0) is 11.3 Å². The molecule has 0 radical (unpaired) electrons. The van der Waals surface area contributed by atoms with Gasteiger partial charge in [0.2, 0.25) is 0 Å². The summed E-state index contributed by atoms with van der Waals surface area (Å²) in [5.74, 6) is 1.29. The number of halogens is 1. The van der Waals surface area contributed by atoms with Gasteiger partial charge in [-0.15, -0.1) is 0 Å². The van der Waals surface area contributed by atoms with E-state index in [2.05, 4.69) is 20.5 Å². The number of carbonyl (C=O) groups is 1. The molecule has 1 unspecified atom stereocenters. The lowest BCUT2D eigenvalue weighted by atomic mass is 10.1. The van der Waals surface area contributed by atoms with E-state index in [9.17, 15) is 4.79 Å². The minimum atomic E-state index is -0.304. The number of nitrogens with one attached hydrogen (secondary N) is 2. The molecule has 2 aromatic rings. The van der Waals surface area contributed by atoms with Gasteiger partial charge in [-0.1, -0.05) is 23.7 Å². The maximum atomic E-state index is 11.8. The number of guanidine groups is 1. The van der Waals surface area contributed by atoms with Crippen LogP contribution in [0.15, 0.2) is 47.6 Å². The average molecular weight is 430 g/mol. The number of benzene rings is 1. The Bertz CT molecular complexity index is 872. The second kappa shape index (κ2) is 10.8. The Kier molecular flexibility index (Phi) is 7.90. The van der Waals surface area contributed by atoms with E-state index in [0.717, 1.165) is 43.4 Å². The van der Waals surface area contributed by atoms with E-state index in [1.807, 2.05) is 31.2 Å². The third kappa shape index (κ3) is 5.86. The monoisotopic (exact) mass is 429 g/mol. The molecule has 7 nitrogen and oxygen atoms in total. The van der Waals surface area contributed by atoms with Crippen molar-refractivity contribution in [3.05, 3.63) is 58.7 Å². The summed E-state index contributed by atoms with van der Waals surface area (Å²) in [4.78, 5) is 23.1. The van der Waals surface area contributed by atoms with E-state index in [4.69, 9.17) is 21.3 Å². The Morgan fingerprint density at radius 1 is 1.30 bits per heavy atom. The minimum Gasteiger partial charge on any atom is -0.462 e. The van der Waals surface area contributed by atoms with E-state index in [1.54, 1.807) is 25.3 Å². The van der Waals surface area contributed by atoms with Gasteiger partial charge in [0.1, 0.15) is 5.82 Å². The lowest BCUT2D eigenvalue weighted by molar-refractivity contribution is 0.0526. The van der Waals surface area contributed by atoms with Gasteiger partial charge in [-0.3, -0.25) is 0 Å².